The van der Waals surface area contributed by atoms with Gasteiger partial charge in [-0.3, -0.25) is 9.89 Å². The van der Waals surface area contributed by atoms with Crippen LogP contribution in [0.25, 0.3) is 0 Å². The molecule has 0 amide bonds. The van der Waals surface area contributed by atoms with Crippen LogP contribution in [0.2, 0.25) is 0 Å². The zero-order chi connectivity index (χ0) is 20.6. The topological polar surface area (TPSA) is 78.6 Å². The third-order valence-corrected chi connectivity index (χ3v) is 6.15. The third-order valence-electron chi connectivity index (χ3n) is 5.33. The van der Waals surface area contributed by atoms with Gasteiger partial charge in [-0.1, -0.05) is 0 Å². The summed E-state index contributed by atoms with van der Waals surface area (Å²) in [7, 11) is 0. The number of oxazole rings is 1. The van der Waals surface area contributed by atoms with E-state index in [0.29, 0.717) is 5.92 Å². The Balaban J connectivity index is 0.00000320. The van der Waals surface area contributed by atoms with Crippen molar-refractivity contribution in [3.63, 3.8) is 0 Å². The van der Waals surface area contributed by atoms with Crippen molar-refractivity contribution in [2.45, 2.75) is 53.5 Å². The summed E-state index contributed by atoms with van der Waals surface area (Å²) in [4.78, 5) is 16.3. The van der Waals surface area contributed by atoms with E-state index >= 15 is 0 Å². The maximum Gasteiger partial charge on any atom is 0.208 e. The van der Waals surface area contributed by atoms with Gasteiger partial charge in [-0.2, -0.15) is 0 Å². The van der Waals surface area contributed by atoms with Crippen LogP contribution < -0.4 is 10.6 Å². The van der Waals surface area contributed by atoms with Gasteiger partial charge in [0.15, 0.2) is 5.96 Å². The standard InChI is InChI=1S/C21H34N6OS.HI/c1-5-22-21(23-9-6-19-14-29-17(4)26-19)24-12-18-7-10-27(11-8-18)13-20-25-15(2)16(3)28-20;/h14,18H,5-13H2,1-4H3,(H2,22,23,24);1H. The van der Waals surface area contributed by atoms with Crippen LogP contribution in [0, 0.1) is 26.7 Å². The summed E-state index contributed by atoms with van der Waals surface area (Å²) >= 11 is 1.71. The van der Waals surface area contributed by atoms with Gasteiger partial charge in [0.25, 0.3) is 0 Å². The fourth-order valence-electron chi connectivity index (χ4n) is 3.52. The molecule has 0 saturated carbocycles. The van der Waals surface area contributed by atoms with Crippen molar-refractivity contribution in [3.05, 3.63) is 33.4 Å². The van der Waals surface area contributed by atoms with Crippen LogP contribution in [0.5, 0.6) is 0 Å². The van der Waals surface area contributed by atoms with E-state index in [1.165, 1.54) is 12.8 Å². The first-order valence-electron chi connectivity index (χ1n) is 10.6. The molecule has 3 rings (SSSR count). The van der Waals surface area contributed by atoms with Gasteiger partial charge < -0.3 is 15.1 Å². The Morgan fingerprint density at radius 2 is 2.00 bits per heavy atom. The number of piperidine rings is 1. The highest BCUT2D eigenvalue weighted by Gasteiger charge is 2.21. The monoisotopic (exact) mass is 546 g/mol. The molecule has 2 aromatic heterocycles. The summed E-state index contributed by atoms with van der Waals surface area (Å²) in [5, 5.41) is 10.1. The smallest absolute Gasteiger partial charge is 0.208 e. The van der Waals surface area contributed by atoms with Crippen LogP contribution in [0.4, 0.5) is 0 Å². The molecule has 7 nitrogen and oxygen atoms in total. The number of hydrogen-bond acceptors (Lipinski definition) is 6. The Labute approximate surface area is 201 Å². The van der Waals surface area contributed by atoms with Crippen molar-refractivity contribution < 1.29 is 4.42 Å². The normalized spacial score (nSPS) is 15.8. The van der Waals surface area contributed by atoms with Crippen LogP contribution in [0.1, 0.15) is 47.8 Å². The highest BCUT2D eigenvalue weighted by molar-refractivity contribution is 14.0. The maximum absolute atomic E-state index is 5.73. The molecular weight excluding hydrogens is 511 g/mol. The minimum atomic E-state index is 0. The number of halogens is 1. The van der Waals surface area contributed by atoms with E-state index in [2.05, 4.69) is 37.8 Å². The van der Waals surface area contributed by atoms with Crippen molar-refractivity contribution in [1.29, 1.82) is 0 Å². The molecule has 0 bridgehead atoms. The van der Waals surface area contributed by atoms with Gasteiger partial charge in [0.2, 0.25) is 5.89 Å². The summed E-state index contributed by atoms with van der Waals surface area (Å²) in [5.74, 6) is 3.31. The molecule has 1 fully saturated rings. The van der Waals surface area contributed by atoms with Crippen LogP contribution in [-0.2, 0) is 13.0 Å². The number of likely N-dealkylation sites (tertiary alicyclic amines) is 1. The second-order valence-electron chi connectivity index (χ2n) is 7.72. The summed E-state index contributed by atoms with van der Waals surface area (Å²) in [6.45, 7) is 13.7. The summed E-state index contributed by atoms with van der Waals surface area (Å²) in [6, 6.07) is 0. The van der Waals surface area contributed by atoms with Crippen LogP contribution >= 0.6 is 35.3 Å². The largest absolute Gasteiger partial charge is 0.444 e. The Morgan fingerprint density at radius 3 is 2.60 bits per heavy atom. The van der Waals surface area contributed by atoms with Crippen LogP contribution in [-0.4, -0.2) is 53.6 Å². The molecule has 0 spiro atoms. The molecule has 1 aliphatic rings. The second-order valence-corrected chi connectivity index (χ2v) is 8.79. The Kier molecular flexibility index (Phi) is 10.5. The van der Waals surface area contributed by atoms with Crippen molar-refractivity contribution in [2.24, 2.45) is 10.9 Å². The molecule has 3 heterocycles. The van der Waals surface area contributed by atoms with Crippen molar-refractivity contribution in [3.8, 4) is 0 Å². The number of thiazole rings is 1. The quantitative estimate of drug-likeness (QED) is 0.299. The molecule has 1 saturated heterocycles. The van der Waals surface area contributed by atoms with Crippen molar-refractivity contribution in [2.75, 3.05) is 32.7 Å². The van der Waals surface area contributed by atoms with Gasteiger partial charge in [0.1, 0.15) is 5.76 Å². The lowest BCUT2D eigenvalue weighted by atomic mass is 9.97. The first-order chi connectivity index (χ1) is 14.0. The lowest BCUT2D eigenvalue weighted by molar-refractivity contribution is 0.166. The van der Waals surface area contributed by atoms with Gasteiger partial charge in [0, 0.05) is 31.4 Å². The number of hydrogen-bond donors (Lipinski definition) is 2. The second kappa shape index (κ2) is 12.6. The number of aromatic nitrogens is 2. The first kappa shape index (κ1) is 25.1. The van der Waals surface area contributed by atoms with Crippen LogP contribution in [0.3, 0.4) is 0 Å². The predicted molar refractivity (Wildman–Crippen MR) is 134 cm³/mol. The highest BCUT2D eigenvalue weighted by Crippen LogP contribution is 2.20. The number of nitrogens with zero attached hydrogens (tertiary/aromatic N) is 4. The minimum Gasteiger partial charge on any atom is -0.444 e. The van der Waals surface area contributed by atoms with Crippen molar-refractivity contribution >= 4 is 41.3 Å². The number of rotatable bonds is 8. The third kappa shape index (κ3) is 7.81. The predicted octanol–water partition coefficient (Wildman–Crippen LogP) is 3.68. The van der Waals surface area contributed by atoms with Crippen LogP contribution in [0.15, 0.2) is 14.8 Å². The molecule has 1 aliphatic heterocycles. The fraction of sp³-hybridized carbons (Fsp3) is 0.667. The molecule has 0 radical (unpaired) electrons. The summed E-state index contributed by atoms with van der Waals surface area (Å²) in [6.07, 6.45) is 3.26. The molecular formula is C21H35IN6OS. The zero-order valence-corrected chi connectivity index (χ0v) is 21.7. The molecule has 0 aliphatic carbocycles. The highest BCUT2D eigenvalue weighted by atomic mass is 127. The van der Waals surface area contributed by atoms with Gasteiger partial charge in [-0.25, -0.2) is 9.97 Å². The van der Waals surface area contributed by atoms with Gasteiger partial charge >= 0.3 is 0 Å². The fourth-order valence-corrected chi connectivity index (χ4v) is 4.17. The number of aliphatic imine (C=N–C) groups is 1. The maximum atomic E-state index is 5.73. The molecule has 0 unspecified atom stereocenters. The summed E-state index contributed by atoms with van der Waals surface area (Å²) in [5.41, 5.74) is 2.15. The van der Waals surface area contributed by atoms with E-state index in [1.54, 1.807) is 11.3 Å². The SMILES string of the molecule is CCNC(=NCC1CCN(Cc2nc(C)c(C)o2)CC1)NCCc1csc(C)n1.I. The number of aryl methyl sites for hydroxylation is 3. The van der Waals surface area contributed by atoms with E-state index in [1.807, 2.05) is 20.8 Å². The molecule has 0 atom stereocenters. The molecule has 168 valence electrons. The Bertz CT molecular complexity index is 778. The number of nitrogens with one attached hydrogen (secondary N) is 2. The molecule has 2 aromatic rings. The Hall–Kier alpha value is -1.20. The lowest BCUT2D eigenvalue weighted by Gasteiger charge is -2.30. The first-order valence-corrected chi connectivity index (χ1v) is 11.5. The van der Waals surface area contributed by atoms with E-state index in [-0.39, 0.29) is 24.0 Å². The average molecular weight is 547 g/mol. The van der Waals surface area contributed by atoms with Crippen molar-refractivity contribution in [1.82, 2.24) is 25.5 Å². The van der Waals surface area contributed by atoms with Gasteiger partial charge in [0.05, 0.1) is 22.9 Å². The average Bonchev–Trinajstić information content (AvgIpc) is 3.25. The molecule has 0 aromatic carbocycles. The number of guanidine groups is 1. The van der Waals surface area contributed by atoms with E-state index < -0.39 is 0 Å². The lowest BCUT2D eigenvalue weighted by Crippen LogP contribution is -2.39. The van der Waals surface area contributed by atoms with Gasteiger partial charge in [-0.15, -0.1) is 35.3 Å². The molecule has 2 N–H and O–H groups in total. The molecule has 30 heavy (non-hydrogen) atoms. The van der Waals surface area contributed by atoms with E-state index in [9.17, 15) is 0 Å². The van der Waals surface area contributed by atoms with Gasteiger partial charge in [-0.05, 0) is 59.5 Å². The minimum absolute atomic E-state index is 0. The molecule has 9 heteroatoms. The zero-order valence-electron chi connectivity index (χ0n) is 18.5. The summed E-state index contributed by atoms with van der Waals surface area (Å²) < 4.78 is 5.73. The van der Waals surface area contributed by atoms with E-state index in [0.717, 1.165) is 79.7 Å². The Morgan fingerprint density at radius 1 is 1.23 bits per heavy atom. The van der Waals surface area contributed by atoms with E-state index in [4.69, 9.17) is 9.41 Å².